The lowest BCUT2D eigenvalue weighted by Gasteiger charge is -2.13. The number of methoxy groups -OCH3 is 2. The molecule has 4 aromatic rings. The van der Waals surface area contributed by atoms with E-state index in [0.717, 1.165) is 11.4 Å². The van der Waals surface area contributed by atoms with Gasteiger partial charge in [-0.05, 0) is 19.1 Å². The zero-order valence-corrected chi connectivity index (χ0v) is 18.0. The second kappa shape index (κ2) is 8.78. The van der Waals surface area contributed by atoms with E-state index in [1.807, 2.05) is 36.6 Å². The molecule has 0 radical (unpaired) electrons. The molecule has 1 unspecified atom stereocenters. The number of rotatable bonds is 7. The zero-order valence-electron chi connectivity index (χ0n) is 16.4. The summed E-state index contributed by atoms with van der Waals surface area (Å²) in [6.07, 6.45) is 3.10. The number of thioether (sulfide) groups is 1. The van der Waals surface area contributed by atoms with E-state index in [9.17, 15) is 4.79 Å². The van der Waals surface area contributed by atoms with Crippen molar-refractivity contribution in [3.8, 4) is 11.4 Å². The number of carbonyl (C=O) groups is 1. The minimum absolute atomic E-state index is 0.319. The number of para-hydroxylation sites is 2. The van der Waals surface area contributed by atoms with Crippen LogP contribution in [0.4, 0.5) is 5.13 Å². The van der Waals surface area contributed by atoms with Crippen LogP contribution >= 0.6 is 23.1 Å². The van der Waals surface area contributed by atoms with Gasteiger partial charge in [-0.25, -0.2) is 19.6 Å². The Labute approximate surface area is 180 Å². The van der Waals surface area contributed by atoms with E-state index in [1.165, 1.54) is 36.5 Å². The van der Waals surface area contributed by atoms with Gasteiger partial charge in [-0.15, -0.1) is 11.3 Å². The Hall–Kier alpha value is -3.02. The molecule has 1 amide bonds. The van der Waals surface area contributed by atoms with E-state index in [-0.39, 0.29) is 5.91 Å². The van der Waals surface area contributed by atoms with Gasteiger partial charge in [-0.3, -0.25) is 10.1 Å². The van der Waals surface area contributed by atoms with Crippen molar-refractivity contribution in [3.05, 3.63) is 47.9 Å². The molecule has 0 fully saturated rings. The number of hydrogen-bond donors (Lipinski definition) is 1. The van der Waals surface area contributed by atoms with Crippen LogP contribution < -0.4 is 10.1 Å². The van der Waals surface area contributed by atoms with Gasteiger partial charge in [0, 0.05) is 12.5 Å². The zero-order chi connectivity index (χ0) is 21.1. The first-order valence-corrected chi connectivity index (χ1v) is 10.6. The quantitative estimate of drug-likeness (QED) is 0.264. The monoisotopic (exact) mass is 442 g/mol. The number of aryl methyl sites for hydroxylation is 1. The van der Waals surface area contributed by atoms with E-state index in [4.69, 9.17) is 9.47 Å². The number of nitrogens with zero attached hydrogens (tertiary/aromatic N) is 5. The van der Waals surface area contributed by atoms with Crippen molar-refractivity contribution in [2.24, 2.45) is 0 Å². The lowest BCUT2D eigenvalue weighted by atomic mass is 10.3. The molecule has 0 saturated carbocycles. The maximum absolute atomic E-state index is 12.6. The second-order valence-corrected chi connectivity index (χ2v) is 8.02. The number of hydrogen-bond acceptors (Lipinski definition) is 9. The van der Waals surface area contributed by atoms with Gasteiger partial charge in [0.2, 0.25) is 0 Å². The largest absolute Gasteiger partial charge is 0.494 e. The summed E-state index contributed by atoms with van der Waals surface area (Å²) in [4.78, 5) is 25.6. The van der Waals surface area contributed by atoms with Gasteiger partial charge < -0.3 is 9.47 Å². The van der Waals surface area contributed by atoms with Gasteiger partial charge in [0.1, 0.15) is 22.8 Å². The van der Waals surface area contributed by atoms with Gasteiger partial charge in [-0.1, -0.05) is 23.9 Å². The van der Waals surface area contributed by atoms with Crippen LogP contribution in [0.25, 0.3) is 16.7 Å². The van der Waals surface area contributed by atoms with Crippen LogP contribution in [-0.2, 0) is 9.53 Å². The van der Waals surface area contributed by atoms with Crippen molar-refractivity contribution in [2.75, 3.05) is 19.5 Å². The Morgan fingerprint density at radius 2 is 2.10 bits per heavy atom. The van der Waals surface area contributed by atoms with E-state index in [2.05, 4.69) is 25.4 Å². The third-order valence-corrected chi connectivity index (χ3v) is 6.18. The van der Waals surface area contributed by atoms with Crippen LogP contribution in [0.15, 0.2) is 47.2 Å². The number of amides is 1. The molecule has 3 heterocycles. The van der Waals surface area contributed by atoms with Crippen LogP contribution in [0.5, 0.6) is 5.75 Å². The first kappa shape index (κ1) is 20.3. The standard InChI is InChI=1S/C19H18N6O3S2/c1-11-9-29-19(23-11)24-16(26)18(28-3)30-17-12-8-22-25(15(12)20-10-21-17)13-6-4-5-7-14(13)27-2/h4-10,18H,1-3H3,(H,23,24,26). The van der Waals surface area contributed by atoms with E-state index in [0.29, 0.717) is 26.9 Å². The summed E-state index contributed by atoms with van der Waals surface area (Å²) in [5.74, 6) is 0.351. The Balaban J connectivity index is 1.63. The van der Waals surface area contributed by atoms with Crippen molar-refractivity contribution in [2.45, 2.75) is 17.4 Å². The molecule has 0 aliphatic carbocycles. The van der Waals surface area contributed by atoms with Crippen LogP contribution in [-0.4, -0.2) is 50.3 Å². The normalized spacial score (nSPS) is 12.1. The van der Waals surface area contributed by atoms with Crippen LogP contribution in [0.3, 0.4) is 0 Å². The van der Waals surface area contributed by atoms with Crippen LogP contribution in [0.2, 0.25) is 0 Å². The molecule has 0 aliphatic heterocycles. The Morgan fingerprint density at radius 1 is 1.27 bits per heavy atom. The van der Waals surface area contributed by atoms with Crippen molar-refractivity contribution < 1.29 is 14.3 Å². The Kier molecular flexibility index (Phi) is 5.93. The fourth-order valence-corrected chi connectivity index (χ4v) is 4.32. The topological polar surface area (TPSA) is 104 Å². The molecule has 0 bridgehead atoms. The molecule has 154 valence electrons. The highest BCUT2D eigenvalue weighted by atomic mass is 32.2. The summed E-state index contributed by atoms with van der Waals surface area (Å²) in [5, 5.41) is 10.9. The number of benzene rings is 1. The number of anilines is 1. The van der Waals surface area contributed by atoms with Gasteiger partial charge in [0.15, 0.2) is 16.2 Å². The number of carbonyl (C=O) groups excluding carboxylic acids is 1. The predicted molar refractivity (Wildman–Crippen MR) is 115 cm³/mol. The maximum Gasteiger partial charge on any atom is 0.266 e. The Bertz CT molecular complexity index is 1190. The molecular formula is C19H18N6O3S2. The maximum atomic E-state index is 12.6. The fraction of sp³-hybridized carbons (Fsp3) is 0.211. The minimum atomic E-state index is -0.818. The van der Waals surface area contributed by atoms with E-state index in [1.54, 1.807) is 18.0 Å². The first-order chi connectivity index (χ1) is 14.6. The van der Waals surface area contributed by atoms with Gasteiger partial charge in [0.05, 0.1) is 24.4 Å². The molecule has 11 heteroatoms. The smallest absolute Gasteiger partial charge is 0.266 e. The molecular weight excluding hydrogens is 424 g/mol. The summed E-state index contributed by atoms with van der Waals surface area (Å²) in [5.41, 5.74) is 1.38. The number of ether oxygens (including phenoxy) is 2. The fourth-order valence-electron chi connectivity index (χ4n) is 2.78. The first-order valence-electron chi connectivity index (χ1n) is 8.85. The molecule has 9 nitrogen and oxygen atoms in total. The highest BCUT2D eigenvalue weighted by Gasteiger charge is 2.23. The molecule has 0 saturated heterocycles. The highest BCUT2D eigenvalue weighted by molar-refractivity contribution is 8.00. The number of thiazole rings is 1. The molecule has 4 rings (SSSR count). The lowest BCUT2D eigenvalue weighted by molar-refractivity contribution is -0.121. The van der Waals surface area contributed by atoms with Gasteiger partial charge >= 0.3 is 0 Å². The number of nitrogens with one attached hydrogen (secondary N) is 1. The van der Waals surface area contributed by atoms with E-state index < -0.39 is 5.44 Å². The summed E-state index contributed by atoms with van der Waals surface area (Å²) >= 11 is 2.54. The summed E-state index contributed by atoms with van der Waals surface area (Å²) in [7, 11) is 3.08. The van der Waals surface area contributed by atoms with Crippen molar-refractivity contribution in [3.63, 3.8) is 0 Å². The SMILES string of the molecule is COc1ccccc1-n1ncc2c(SC(OC)C(=O)Nc3nc(C)cs3)ncnc21. The lowest BCUT2D eigenvalue weighted by Crippen LogP contribution is -2.26. The van der Waals surface area contributed by atoms with Crippen molar-refractivity contribution in [1.29, 1.82) is 0 Å². The molecule has 1 aromatic carbocycles. The van der Waals surface area contributed by atoms with Crippen molar-refractivity contribution in [1.82, 2.24) is 24.7 Å². The molecule has 1 atom stereocenters. The molecule has 3 aromatic heterocycles. The predicted octanol–water partition coefficient (Wildman–Crippen LogP) is 3.29. The second-order valence-electron chi connectivity index (χ2n) is 6.11. The average molecular weight is 443 g/mol. The van der Waals surface area contributed by atoms with Crippen LogP contribution in [0.1, 0.15) is 5.69 Å². The summed E-state index contributed by atoms with van der Waals surface area (Å²) in [6, 6.07) is 7.52. The third-order valence-electron chi connectivity index (χ3n) is 4.14. The summed E-state index contributed by atoms with van der Waals surface area (Å²) < 4.78 is 12.5. The number of aromatic nitrogens is 5. The van der Waals surface area contributed by atoms with Crippen molar-refractivity contribution >= 4 is 45.2 Å². The van der Waals surface area contributed by atoms with E-state index >= 15 is 0 Å². The number of fused-ring (bicyclic) bond motifs is 1. The molecule has 0 spiro atoms. The third kappa shape index (κ3) is 3.99. The molecule has 30 heavy (non-hydrogen) atoms. The van der Waals surface area contributed by atoms with Gasteiger partial charge in [0.25, 0.3) is 5.91 Å². The molecule has 1 N–H and O–H groups in total. The molecule has 0 aliphatic rings. The minimum Gasteiger partial charge on any atom is -0.494 e. The van der Waals surface area contributed by atoms with Gasteiger partial charge in [-0.2, -0.15) is 5.10 Å². The highest BCUT2D eigenvalue weighted by Crippen LogP contribution is 2.31. The average Bonchev–Trinajstić information content (AvgIpc) is 3.38. The Morgan fingerprint density at radius 3 is 2.83 bits per heavy atom. The summed E-state index contributed by atoms with van der Waals surface area (Å²) in [6.45, 7) is 1.87. The van der Waals surface area contributed by atoms with Crippen LogP contribution in [0, 0.1) is 6.92 Å².